The molecule has 116 valence electrons. The number of anilines is 1. The first-order valence-electron chi connectivity index (χ1n) is 7.07. The Hall–Kier alpha value is -1.60. The van der Waals surface area contributed by atoms with Gasteiger partial charge in [0.2, 0.25) is 10.0 Å². The average Bonchev–Trinajstić information content (AvgIpc) is 2.68. The highest BCUT2D eigenvalue weighted by atomic mass is 32.2. The number of carbonyl (C=O) groups is 1. The van der Waals surface area contributed by atoms with E-state index >= 15 is 0 Å². The monoisotopic (exact) mass is 311 g/mol. The van der Waals surface area contributed by atoms with E-state index in [-0.39, 0.29) is 10.9 Å². The lowest BCUT2D eigenvalue weighted by molar-refractivity contribution is 0.213. The van der Waals surface area contributed by atoms with Crippen LogP contribution >= 0.6 is 0 Å². The minimum absolute atomic E-state index is 0.000679. The van der Waals surface area contributed by atoms with Gasteiger partial charge in [0.05, 0.1) is 4.90 Å². The number of aryl methyl sites for hydroxylation is 1. The maximum atomic E-state index is 12.3. The summed E-state index contributed by atoms with van der Waals surface area (Å²) in [6, 6.07) is 4.29. The molecule has 3 N–H and O–H groups in total. The van der Waals surface area contributed by atoms with Crippen molar-refractivity contribution in [3.05, 3.63) is 23.8 Å². The van der Waals surface area contributed by atoms with E-state index in [9.17, 15) is 13.2 Å². The van der Waals surface area contributed by atoms with Crippen molar-refractivity contribution in [2.75, 3.05) is 18.4 Å². The molecule has 0 aromatic heterocycles. The van der Waals surface area contributed by atoms with Crippen LogP contribution in [0.1, 0.15) is 31.2 Å². The highest BCUT2D eigenvalue weighted by Crippen LogP contribution is 2.20. The molecule has 1 aliphatic heterocycles. The summed E-state index contributed by atoms with van der Waals surface area (Å²) in [6.07, 6.45) is 4.29. The van der Waals surface area contributed by atoms with Gasteiger partial charge in [0.1, 0.15) is 0 Å². The molecule has 1 fully saturated rings. The lowest BCUT2D eigenvalue weighted by atomic mass is 10.2. The molecular weight excluding hydrogens is 290 g/mol. The predicted molar refractivity (Wildman–Crippen MR) is 81.6 cm³/mol. The number of amides is 2. The number of carbonyl (C=O) groups excluding carboxylic acids is 1. The summed E-state index contributed by atoms with van der Waals surface area (Å²) in [6.45, 7) is 3.28. The Kier molecular flexibility index (Phi) is 4.84. The van der Waals surface area contributed by atoms with Gasteiger partial charge in [-0.25, -0.2) is 18.4 Å². The zero-order chi connectivity index (χ0) is 15.5. The first-order valence-corrected chi connectivity index (χ1v) is 8.62. The molecule has 7 heteroatoms. The third-order valence-corrected chi connectivity index (χ3v) is 4.58. The van der Waals surface area contributed by atoms with E-state index in [1.165, 1.54) is 12.1 Å². The van der Waals surface area contributed by atoms with Crippen LogP contribution in [0.5, 0.6) is 0 Å². The number of urea groups is 1. The van der Waals surface area contributed by atoms with Crippen LogP contribution in [0, 0.1) is 6.92 Å². The molecule has 21 heavy (non-hydrogen) atoms. The van der Waals surface area contributed by atoms with Crippen LogP contribution in [0.3, 0.4) is 0 Å². The van der Waals surface area contributed by atoms with E-state index in [0.717, 1.165) is 44.3 Å². The molecule has 0 aliphatic carbocycles. The molecule has 0 bridgehead atoms. The summed E-state index contributed by atoms with van der Waals surface area (Å²) >= 11 is 0. The first-order chi connectivity index (χ1) is 9.88. The van der Waals surface area contributed by atoms with Crippen molar-refractivity contribution in [2.45, 2.75) is 37.5 Å². The third kappa shape index (κ3) is 4.18. The van der Waals surface area contributed by atoms with Gasteiger partial charge in [-0.05, 0) is 37.5 Å². The van der Waals surface area contributed by atoms with Gasteiger partial charge < -0.3 is 10.2 Å². The fourth-order valence-corrected chi connectivity index (χ4v) is 2.92. The van der Waals surface area contributed by atoms with Gasteiger partial charge in [0.15, 0.2) is 0 Å². The van der Waals surface area contributed by atoms with Crippen molar-refractivity contribution in [3.63, 3.8) is 0 Å². The average molecular weight is 311 g/mol. The van der Waals surface area contributed by atoms with E-state index in [2.05, 4.69) is 5.32 Å². The molecule has 1 aromatic rings. The number of primary sulfonamides is 1. The number of likely N-dealkylation sites (tertiary alicyclic amines) is 1. The van der Waals surface area contributed by atoms with Gasteiger partial charge >= 0.3 is 6.03 Å². The number of nitrogens with zero attached hydrogens (tertiary/aromatic N) is 1. The zero-order valence-corrected chi connectivity index (χ0v) is 12.9. The number of hydrogen-bond acceptors (Lipinski definition) is 3. The molecular formula is C14H21N3O3S. The lowest BCUT2D eigenvalue weighted by Gasteiger charge is -2.21. The summed E-state index contributed by atoms with van der Waals surface area (Å²) in [4.78, 5) is 14.0. The summed E-state index contributed by atoms with van der Waals surface area (Å²) < 4.78 is 22.8. The van der Waals surface area contributed by atoms with Crippen LogP contribution in [0.2, 0.25) is 0 Å². The third-order valence-electron chi connectivity index (χ3n) is 3.67. The summed E-state index contributed by atoms with van der Waals surface area (Å²) in [5.41, 5.74) is 1.28. The maximum Gasteiger partial charge on any atom is 0.321 e. The van der Waals surface area contributed by atoms with Crippen molar-refractivity contribution in [3.8, 4) is 0 Å². The standard InChI is InChI=1S/C14H21N3O3S/c1-11-6-7-12(21(15,19)20)10-13(11)16-14(18)17-8-4-2-3-5-9-17/h6-7,10H,2-5,8-9H2,1H3,(H,16,18)(H2,15,19,20). The number of nitrogens with one attached hydrogen (secondary N) is 1. The van der Waals surface area contributed by atoms with E-state index < -0.39 is 10.0 Å². The van der Waals surface area contributed by atoms with Gasteiger partial charge in [-0.2, -0.15) is 0 Å². The summed E-state index contributed by atoms with van der Waals surface area (Å²) in [5.74, 6) is 0. The molecule has 1 saturated heterocycles. The van der Waals surface area contributed by atoms with Crippen LogP contribution < -0.4 is 10.5 Å². The van der Waals surface area contributed by atoms with Crippen molar-refractivity contribution in [2.24, 2.45) is 5.14 Å². The number of benzene rings is 1. The molecule has 0 radical (unpaired) electrons. The van der Waals surface area contributed by atoms with E-state index in [1.54, 1.807) is 11.0 Å². The Morgan fingerprint density at radius 2 is 1.81 bits per heavy atom. The lowest BCUT2D eigenvalue weighted by Crippen LogP contribution is -2.35. The van der Waals surface area contributed by atoms with E-state index in [4.69, 9.17) is 5.14 Å². The normalized spacial score (nSPS) is 16.4. The van der Waals surface area contributed by atoms with Crippen LogP contribution in [-0.4, -0.2) is 32.4 Å². The van der Waals surface area contributed by atoms with E-state index in [0.29, 0.717) is 5.69 Å². The predicted octanol–water partition coefficient (Wildman–Crippen LogP) is 2.05. The summed E-state index contributed by atoms with van der Waals surface area (Å²) in [5, 5.41) is 7.91. The van der Waals surface area contributed by atoms with Crippen molar-refractivity contribution < 1.29 is 13.2 Å². The second-order valence-electron chi connectivity index (χ2n) is 5.35. The van der Waals surface area contributed by atoms with Gasteiger partial charge in [-0.15, -0.1) is 0 Å². The van der Waals surface area contributed by atoms with Gasteiger partial charge in [0.25, 0.3) is 0 Å². The Balaban J connectivity index is 2.16. The second-order valence-corrected chi connectivity index (χ2v) is 6.91. The molecule has 6 nitrogen and oxygen atoms in total. The minimum atomic E-state index is -3.77. The molecule has 2 rings (SSSR count). The molecule has 0 saturated carbocycles. The Morgan fingerprint density at radius 3 is 2.38 bits per heavy atom. The molecule has 0 unspecified atom stereocenters. The van der Waals surface area contributed by atoms with Gasteiger partial charge in [-0.3, -0.25) is 0 Å². The zero-order valence-electron chi connectivity index (χ0n) is 12.1. The number of sulfonamides is 1. The minimum Gasteiger partial charge on any atom is -0.325 e. The fraction of sp³-hybridized carbons (Fsp3) is 0.500. The molecule has 0 spiro atoms. The highest BCUT2D eigenvalue weighted by Gasteiger charge is 2.17. The Bertz CT molecular complexity index is 620. The fourth-order valence-electron chi connectivity index (χ4n) is 2.38. The van der Waals surface area contributed by atoms with Crippen LogP contribution in [0.15, 0.2) is 23.1 Å². The molecule has 0 atom stereocenters. The van der Waals surface area contributed by atoms with Crippen LogP contribution in [0.25, 0.3) is 0 Å². The number of nitrogens with two attached hydrogens (primary N) is 1. The SMILES string of the molecule is Cc1ccc(S(N)(=O)=O)cc1NC(=O)N1CCCCCC1. The molecule has 1 heterocycles. The Labute approximate surface area is 125 Å². The van der Waals surface area contributed by atoms with Crippen molar-refractivity contribution in [1.82, 2.24) is 4.90 Å². The first kappa shape index (κ1) is 15.8. The second kappa shape index (κ2) is 6.44. The van der Waals surface area contributed by atoms with E-state index in [1.807, 2.05) is 6.92 Å². The van der Waals surface area contributed by atoms with Gasteiger partial charge in [0, 0.05) is 18.8 Å². The smallest absolute Gasteiger partial charge is 0.321 e. The topological polar surface area (TPSA) is 92.5 Å². The summed E-state index contributed by atoms with van der Waals surface area (Å²) in [7, 11) is -3.77. The Morgan fingerprint density at radius 1 is 1.19 bits per heavy atom. The van der Waals surface area contributed by atoms with Crippen LogP contribution in [-0.2, 0) is 10.0 Å². The number of hydrogen-bond donors (Lipinski definition) is 2. The van der Waals surface area contributed by atoms with Gasteiger partial charge in [-0.1, -0.05) is 18.9 Å². The molecule has 2 amide bonds. The molecule has 1 aromatic carbocycles. The maximum absolute atomic E-state index is 12.3. The van der Waals surface area contributed by atoms with Crippen molar-refractivity contribution in [1.29, 1.82) is 0 Å². The number of rotatable bonds is 2. The quantitative estimate of drug-likeness (QED) is 0.875. The van der Waals surface area contributed by atoms with Crippen molar-refractivity contribution >= 4 is 21.7 Å². The highest BCUT2D eigenvalue weighted by molar-refractivity contribution is 7.89. The largest absolute Gasteiger partial charge is 0.325 e. The van der Waals surface area contributed by atoms with Crippen LogP contribution in [0.4, 0.5) is 10.5 Å². The molecule has 1 aliphatic rings.